The molecule has 0 unspecified atom stereocenters. The number of hydrogen-bond donors (Lipinski definition) is 2. The van der Waals surface area contributed by atoms with E-state index in [2.05, 4.69) is 27.3 Å². The van der Waals surface area contributed by atoms with Crippen molar-refractivity contribution in [2.45, 2.75) is 6.92 Å². The summed E-state index contributed by atoms with van der Waals surface area (Å²) in [7, 11) is 0. The topological polar surface area (TPSA) is 61.8 Å². The Labute approximate surface area is 114 Å². The Morgan fingerprint density at radius 1 is 1.22 bits per heavy atom. The van der Waals surface area contributed by atoms with Gasteiger partial charge in [-0.3, -0.25) is 0 Å². The predicted octanol–water partition coefficient (Wildman–Crippen LogP) is 3.96. The number of benzene rings is 2. The first-order valence-corrected chi connectivity index (χ1v) is 6.22. The highest BCUT2D eigenvalue weighted by atomic mass is 79.9. The molecule has 0 aliphatic rings. The van der Waals surface area contributed by atoms with Gasteiger partial charge in [0.05, 0.1) is 11.3 Å². The zero-order valence-corrected chi connectivity index (χ0v) is 11.5. The van der Waals surface area contributed by atoms with E-state index in [1.807, 2.05) is 31.2 Å². The van der Waals surface area contributed by atoms with Gasteiger partial charge in [-0.25, -0.2) is 0 Å². The van der Waals surface area contributed by atoms with Crippen LogP contribution in [0.4, 0.5) is 17.1 Å². The van der Waals surface area contributed by atoms with Crippen LogP contribution in [0.2, 0.25) is 0 Å². The highest BCUT2D eigenvalue weighted by Gasteiger charge is 2.04. The molecule has 4 heteroatoms. The fourth-order valence-corrected chi connectivity index (χ4v) is 1.97. The molecule has 0 radical (unpaired) electrons. The summed E-state index contributed by atoms with van der Waals surface area (Å²) in [5, 5.41) is 12.3. The summed E-state index contributed by atoms with van der Waals surface area (Å²) in [4.78, 5) is 0. The fraction of sp³-hybridized carbons (Fsp3) is 0.0714. The molecule has 0 heterocycles. The largest absolute Gasteiger partial charge is 0.399 e. The first kappa shape index (κ1) is 12.5. The molecular formula is C14H12BrN3. The Hall–Kier alpha value is -1.99. The molecule has 3 nitrogen and oxygen atoms in total. The van der Waals surface area contributed by atoms with E-state index in [1.165, 1.54) is 5.56 Å². The van der Waals surface area contributed by atoms with Gasteiger partial charge in [-0.15, -0.1) is 0 Å². The minimum atomic E-state index is 0.534. The first-order valence-electron chi connectivity index (χ1n) is 5.43. The monoisotopic (exact) mass is 301 g/mol. The van der Waals surface area contributed by atoms with E-state index in [-0.39, 0.29) is 0 Å². The minimum absolute atomic E-state index is 0.534. The van der Waals surface area contributed by atoms with Crippen molar-refractivity contribution in [3.63, 3.8) is 0 Å². The maximum Gasteiger partial charge on any atom is 0.101 e. The summed E-state index contributed by atoms with van der Waals surface area (Å²) >= 11 is 3.48. The Morgan fingerprint density at radius 3 is 2.67 bits per heavy atom. The molecule has 0 aliphatic carbocycles. The van der Waals surface area contributed by atoms with Crippen molar-refractivity contribution in [3.8, 4) is 6.07 Å². The van der Waals surface area contributed by atoms with Crippen molar-refractivity contribution < 1.29 is 0 Å². The summed E-state index contributed by atoms with van der Waals surface area (Å²) in [6, 6.07) is 13.3. The number of nitrogens with two attached hydrogens (primary N) is 1. The third-order valence-electron chi connectivity index (χ3n) is 2.61. The van der Waals surface area contributed by atoms with Crippen molar-refractivity contribution in [2.75, 3.05) is 11.1 Å². The molecule has 0 saturated carbocycles. The Morgan fingerprint density at radius 2 is 2.00 bits per heavy atom. The fourth-order valence-electron chi connectivity index (χ4n) is 1.59. The summed E-state index contributed by atoms with van der Waals surface area (Å²) in [5.74, 6) is 0. The van der Waals surface area contributed by atoms with Crippen molar-refractivity contribution in [1.82, 2.24) is 0 Å². The standard InChI is InChI=1S/C14H12BrN3/c1-9-2-4-12(7-13(9)15)18-14-5-3-11(17)6-10(14)8-16/h2-7,18H,17H2,1H3. The van der Waals surface area contributed by atoms with E-state index in [4.69, 9.17) is 11.0 Å². The number of rotatable bonds is 2. The van der Waals surface area contributed by atoms with Gasteiger partial charge in [0.1, 0.15) is 6.07 Å². The second kappa shape index (κ2) is 5.11. The number of halogens is 1. The quantitative estimate of drug-likeness (QED) is 0.826. The number of nitrogens with one attached hydrogen (secondary N) is 1. The molecule has 0 amide bonds. The van der Waals surface area contributed by atoms with Crippen molar-refractivity contribution in [3.05, 3.63) is 52.0 Å². The highest BCUT2D eigenvalue weighted by molar-refractivity contribution is 9.10. The molecule has 2 rings (SSSR count). The Balaban J connectivity index is 2.34. The van der Waals surface area contributed by atoms with Crippen LogP contribution in [0.25, 0.3) is 0 Å². The molecule has 18 heavy (non-hydrogen) atoms. The van der Waals surface area contributed by atoms with Crippen LogP contribution in [0.15, 0.2) is 40.9 Å². The second-order valence-corrected chi connectivity index (χ2v) is 4.86. The second-order valence-electron chi connectivity index (χ2n) is 4.01. The van der Waals surface area contributed by atoms with Crippen LogP contribution in [0.5, 0.6) is 0 Å². The van der Waals surface area contributed by atoms with Crippen molar-refractivity contribution in [2.24, 2.45) is 0 Å². The summed E-state index contributed by atoms with van der Waals surface area (Å²) in [6.45, 7) is 2.03. The van der Waals surface area contributed by atoms with Crippen LogP contribution in [-0.2, 0) is 0 Å². The molecule has 0 fully saturated rings. The predicted molar refractivity (Wildman–Crippen MR) is 77.7 cm³/mol. The molecule has 90 valence electrons. The van der Waals surface area contributed by atoms with Crippen LogP contribution < -0.4 is 11.1 Å². The lowest BCUT2D eigenvalue weighted by Gasteiger charge is -2.10. The van der Waals surface area contributed by atoms with Gasteiger partial charge in [-0.05, 0) is 42.8 Å². The van der Waals surface area contributed by atoms with Crippen molar-refractivity contribution in [1.29, 1.82) is 5.26 Å². The zero-order chi connectivity index (χ0) is 13.1. The van der Waals surface area contributed by atoms with Crippen LogP contribution >= 0.6 is 15.9 Å². The van der Waals surface area contributed by atoms with Gasteiger partial charge in [0.25, 0.3) is 0 Å². The summed E-state index contributed by atoms with van der Waals surface area (Å²) < 4.78 is 1.03. The third kappa shape index (κ3) is 2.63. The molecule has 0 atom stereocenters. The van der Waals surface area contributed by atoms with E-state index in [1.54, 1.807) is 12.1 Å². The molecule has 0 aromatic heterocycles. The van der Waals surface area contributed by atoms with Crippen LogP contribution in [0.1, 0.15) is 11.1 Å². The highest BCUT2D eigenvalue weighted by Crippen LogP contribution is 2.26. The molecule has 0 bridgehead atoms. The van der Waals surface area contributed by atoms with Crippen LogP contribution in [0.3, 0.4) is 0 Å². The summed E-state index contributed by atoms with van der Waals surface area (Å²) in [5.41, 5.74) is 9.62. The lowest BCUT2D eigenvalue weighted by Crippen LogP contribution is -1.95. The van der Waals surface area contributed by atoms with Gasteiger partial charge < -0.3 is 11.1 Å². The zero-order valence-electron chi connectivity index (χ0n) is 9.87. The number of nitrogens with zero attached hydrogens (tertiary/aromatic N) is 1. The lowest BCUT2D eigenvalue weighted by atomic mass is 10.1. The number of hydrogen-bond acceptors (Lipinski definition) is 3. The number of nitrogen functional groups attached to an aromatic ring is 1. The third-order valence-corrected chi connectivity index (χ3v) is 3.47. The van der Waals surface area contributed by atoms with E-state index in [0.717, 1.165) is 15.8 Å². The average Bonchev–Trinajstić information content (AvgIpc) is 2.36. The van der Waals surface area contributed by atoms with E-state index < -0.39 is 0 Å². The SMILES string of the molecule is Cc1ccc(Nc2ccc(N)cc2C#N)cc1Br. The van der Waals surface area contributed by atoms with Crippen LogP contribution in [0, 0.1) is 18.3 Å². The van der Waals surface area contributed by atoms with Gasteiger partial charge in [-0.1, -0.05) is 22.0 Å². The first-order chi connectivity index (χ1) is 8.60. The average molecular weight is 302 g/mol. The number of aryl methyl sites for hydroxylation is 1. The molecule has 0 aliphatic heterocycles. The van der Waals surface area contributed by atoms with Gasteiger partial charge in [-0.2, -0.15) is 5.26 Å². The molecule has 2 aromatic rings. The van der Waals surface area contributed by atoms with E-state index >= 15 is 0 Å². The lowest BCUT2D eigenvalue weighted by molar-refractivity contribution is 1.41. The Kier molecular flexibility index (Phi) is 3.54. The molecule has 3 N–H and O–H groups in total. The van der Waals surface area contributed by atoms with Gasteiger partial charge in [0.15, 0.2) is 0 Å². The van der Waals surface area contributed by atoms with Gasteiger partial charge in [0, 0.05) is 15.8 Å². The summed E-state index contributed by atoms with van der Waals surface area (Å²) in [6.07, 6.45) is 0. The van der Waals surface area contributed by atoms with E-state index in [9.17, 15) is 0 Å². The minimum Gasteiger partial charge on any atom is -0.399 e. The molecular weight excluding hydrogens is 290 g/mol. The van der Waals surface area contributed by atoms with Gasteiger partial charge >= 0.3 is 0 Å². The van der Waals surface area contributed by atoms with Gasteiger partial charge in [0.2, 0.25) is 0 Å². The maximum atomic E-state index is 9.06. The normalized spacial score (nSPS) is 9.83. The maximum absolute atomic E-state index is 9.06. The number of anilines is 3. The Bertz CT molecular complexity index is 629. The van der Waals surface area contributed by atoms with E-state index in [0.29, 0.717) is 11.3 Å². The molecule has 0 saturated heterocycles. The molecule has 2 aromatic carbocycles. The van der Waals surface area contributed by atoms with Crippen molar-refractivity contribution >= 4 is 33.0 Å². The molecule has 0 spiro atoms. The number of nitriles is 1. The smallest absolute Gasteiger partial charge is 0.101 e. The van der Waals surface area contributed by atoms with Crippen LogP contribution in [-0.4, -0.2) is 0 Å².